The van der Waals surface area contributed by atoms with Crippen LogP contribution in [0.4, 0.5) is 0 Å². The summed E-state index contributed by atoms with van der Waals surface area (Å²) in [7, 11) is 0. The number of carbonyl (C=O) groups is 1. The lowest BCUT2D eigenvalue weighted by Crippen LogP contribution is -2.38. The molecule has 4 aromatic rings. The topological polar surface area (TPSA) is 82.0 Å². The summed E-state index contributed by atoms with van der Waals surface area (Å²) >= 11 is 0. The molecule has 0 unspecified atom stereocenters. The zero-order valence-corrected chi connectivity index (χ0v) is 19.1. The maximum atomic E-state index is 12.1. The van der Waals surface area contributed by atoms with Crippen LogP contribution in [0.25, 0.3) is 28.0 Å². The Balaban J connectivity index is 1.40. The maximum Gasteiger partial charge on any atom is 0.258 e. The summed E-state index contributed by atoms with van der Waals surface area (Å²) in [5, 5.41) is 23.3. The van der Waals surface area contributed by atoms with Gasteiger partial charge in [0.2, 0.25) is 0 Å². The standard InChI is InChI=1S/C29H26N2O4/c32-23-9-6-21(7-10-23)26-14-8-22-19-24(33)11-15-27(22)29(26)35-25-12-3-20(4-13-25)5-16-28(34)30-31-17-1-2-18-31/h3-16,19,32-33H,1-2,17-18H2,(H,30,34). The Morgan fingerprint density at radius 2 is 1.57 bits per heavy atom. The van der Waals surface area contributed by atoms with Gasteiger partial charge in [-0.2, -0.15) is 0 Å². The number of carbonyl (C=O) groups excluding carboxylic acids is 1. The Bertz CT molecular complexity index is 1370. The average Bonchev–Trinajstić information content (AvgIpc) is 3.37. The first kappa shape index (κ1) is 22.5. The van der Waals surface area contributed by atoms with Crippen LogP contribution in [0.2, 0.25) is 0 Å². The number of aromatic hydroxyl groups is 2. The van der Waals surface area contributed by atoms with E-state index in [0.29, 0.717) is 11.5 Å². The Hall–Kier alpha value is -4.29. The summed E-state index contributed by atoms with van der Waals surface area (Å²) in [6.07, 6.45) is 5.53. The van der Waals surface area contributed by atoms with E-state index in [2.05, 4.69) is 5.43 Å². The van der Waals surface area contributed by atoms with Crippen molar-refractivity contribution in [2.24, 2.45) is 0 Å². The van der Waals surface area contributed by atoms with Crippen LogP contribution in [0, 0.1) is 0 Å². The molecule has 0 aliphatic carbocycles. The fourth-order valence-corrected chi connectivity index (χ4v) is 4.23. The fourth-order valence-electron chi connectivity index (χ4n) is 4.23. The van der Waals surface area contributed by atoms with Gasteiger partial charge >= 0.3 is 0 Å². The molecular weight excluding hydrogens is 440 g/mol. The van der Waals surface area contributed by atoms with E-state index in [1.54, 1.807) is 30.3 Å². The second-order valence-corrected chi connectivity index (χ2v) is 8.57. The Morgan fingerprint density at radius 3 is 2.31 bits per heavy atom. The summed E-state index contributed by atoms with van der Waals surface area (Å²) in [6, 6.07) is 23.5. The lowest BCUT2D eigenvalue weighted by Gasteiger charge is -2.15. The Labute approximate surface area is 203 Å². The SMILES string of the molecule is O=C(C=Cc1ccc(Oc2c(-c3ccc(O)cc3)ccc3cc(O)ccc23)cc1)NN1CCCC1. The van der Waals surface area contributed by atoms with E-state index in [9.17, 15) is 15.0 Å². The van der Waals surface area contributed by atoms with Crippen LogP contribution < -0.4 is 10.2 Å². The number of fused-ring (bicyclic) bond motifs is 1. The van der Waals surface area contributed by atoms with Crippen molar-refractivity contribution in [1.82, 2.24) is 10.4 Å². The van der Waals surface area contributed by atoms with E-state index in [-0.39, 0.29) is 17.4 Å². The van der Waals surface area contributed by atoms with Crippen molar-refractivity contribution in [3.8, 4) is 34.1 Å². The summed E-state index contributed by atoms with van der Waals surface area (Å²) < 4.78 is 6.36. The van der Waals surface area contributed by atoms with Crippen LogP contribution in [-0.2, 0) is 4.79 Å². The van der Waals surface area contributed by atoms with Gasteiger partial charge in [0.05, 0.1) is 0 Å². The van der Waals surface area contributed by atoms with Crippen LogP contribution in [0.5, 0.6) is 23.0 Å². The molecule has 0 aromatic heterocycles. The molecule has 5 rings (SSSR count). The molecule has 1 fully saturated rings. The van der Waals surface area contributed by atoms with Crippen molar-refractivity contribution in [3.05, 3.63) is 90.5 Å². The van der Waals surface area contributed by atoms with Gasteiger partial charge in [0, 0.05) is 30.1 Å². The first-order valence-corrected chi connectivity index (χ1v) is 11.6. The van der Waals surface area contributed by atoms with Gasteiger partial charge in [-0.05, 0) is 84.0 Å². The highest BCUT2D eigenvalue weighted by Crippen LogP contribution is 2.40. The van der Waals surface area contributed by atoms with Crippen LogP contribution >= 0.6 is 0 Å². The predicted molar refractivity (Wildman–Crippen MR) is 137 cm³/mol. The predicted octanol–water partition coefficient (Wildman–Crippen LogP) is 5.85. The van der Waals surface area contributed by atoms with Gasteiger partial charge in [-0.1, -0.05) is 30.3 Å². The van der Waals surface area contributed by atoms with Gasteiger partial charge in [0.25, 0.3) is 5.91 Å². The highest BCUT2D eigenvalue weighted by Gasteiger charge is 2.14. The van der Waals surface area contributed by atoms with Gasteiger partial charge in [-0.15, -0.1) is 0 Å². The minimum Gasteiger partial charge on any atom is -0.508 e. The molecule has 1 amide bonds. The van der Waals surface area contributed by atoms with Crippen molar-refractivity contribution >= 4 is 22.8 Å². The van der Waals surface area contributed by atoms with Crippen molar-refractivity contribution in [2.45, 2.75) is 12.8 Å². The number of benzene rings is 4. The van der Waals surface area contributed by atoms with Crippen molar-refractivity contribution in [1.29, 1.82) is 0 Å². The molecule has 6 heteroatoms. The van der Waals surface area contributed by atoms with E-state index in [0.717, 1.165) is 53.4 Å². The van der Waals surface area contributed by atoms with Crippen molar-refractivity contribution in [2.75, 3.05) is 13.1 Å². The minimum atomic E-state index is -0.134. The first-order chi connectivity index (χ1) is 17.0. The number of phenols is 2. The van der Waals surface area contributed by atoms with Crippen LogP contribution in [0.1, 0.15) is 18.4 Å². The summed E-state index contributed by atoms with van der Waals surface area (Å²) in [5.74, 6) is 1.54. The molecule has 0 saturated carbocycles. The molecule has 1 saturated heterocycles. The molecule has 0 spiro atoms. The largest absolute Gasteiger partial charge is 0.508 e. The second kappa shape index (κ2) is 9.91. The second-order valence-electron chi connectivity index (χ2n) is 8.57. The molecule has 1 heterocycles. The number of hydrogen-bond acceptors (Lipinski definition) is 5. The zero-order chi connectivity index (χ0) is 24.2. The van der Waals surface area contributed by atoms with Gasteiger partial charge in [0.15, 0.2) is 0 Å². The van der Waals surface area contributed by atoms with E-state index >= 15 is 0 Å². The van der Waals surface area contributed by atoms with E-state index < -0.39 is 0 Å². The smallest absolute Gasteiger partial charge is 0.258 e. The lowest BCUT2D eigenvalue weighted by molar-refractivity contribution is -0.120. The van der Waals surface area contributed by atoms with E-state index in [4.69, 9.17) is 4.74 Å². The number of ether oxygens (including phenoxy) is 1. The quantitative estimate of drug-likeness (QED) is 0.311. The third kappa shape index (κ3) is 5.28. The number of phenolic OH excluding ortho intramolecular Hbond substituents is 2. The molecule has 0 atom stereocenters. The fraction of sp³-hybridized carbons (Fsp3) is 0.138. The molecule has 3 N–H and O–H groups in total. The number of nitrogens with zero attached hydrogens (tertiary/aromatic N) is 1. The number of nitrogens with one attached hydrogen (secondary N) is 1. The third-order valence-electron chi connectivity index (χ3n) is 6.03. The monoisotopic (exact) mass is 466 g/mol. The first-order valence-electron chi connectivity index (χ1n) is 11.6. The van der Waals surface area contributed by atoms with Crippen LogP contribution in [0.15, 0.2) is 84.9 Å². The van der Waals surface area contributed by atoms with Crippen LogP contribution in [-0.4, -0.2) is 34.2 Å². The number of amides is 1. The summed E-state index contributed by atoms with van der Waals surface area (Å²) in [4.78, 5) is 12.1. The number of hydrazine groups is 1. The molecule has 6 nitrogen and oxygen atoms in total. The molecule has 176 valence electrons. The summed E-state index contributed by atoms with van der Waals surface area (Å²) in [5.41, 5.74) is 5.54. The highest BCUT2D eigenvalue weighted by atomic mass is 16.5. The molecular formula is C29H26N2O4. The molecule has 1 aliphatic rings. The number of rotatable bonds is 6. The van der Waals surface area contributed by atoms with Crippen molar-refractivity contribution < 1.29 is 19.7 Å². The van der Waals surface area contributed by atoms with Crippen LogP contribution in [0.3, 0.4) is 0 Å². The Morgan fingerprint density at radius 1 is 0.857 bits per heavy atom. The van der Waals surface area contributed by atoms with Crippen molar-refractivity contribution in [3.63, 3.8) is 0 Å². The normalized spacial score (nSPS) is 13.9. The Kier molecular flexibility index (Phi) is 6.37. The van der Waals surface area contributed by atoms with Gasteiger partial charge in [-0.25, -0.2) is 5.01 Å². The molecule has 1 aliphatic heterocycles. The molecule has 35 heavy (non-hydrogen) atoms. The van der Waals surface area contributed by atoms with Gasteiger partial charge < -0.3 is 14.9 Å². The van der Waals surface area contributed by atoms with Gasteiger partial charge in [0.1, 0.15) is 23.0 Å². The highest BCUT2D eigenvalue weighted by molar-refractivity contribution is 5.96. The minimum absolute atomic E-state index is 0.134. The van der Waals surface area contributed by atoms with Gasteiger partial charge in [-0.3, -0.25) is 10.2 Å². The number of hydrogen-bond donors (Lipinski definition) is 3. The summed E-state index contributed by atoms with van der Waals surface area (Å²) in [6.45, 7) is 1.79. The molecule has 0 radical (unpaired) electrons. The van der Waals surface area contributed by atoms with E-state index in [1.807, 2.05) is 59.6 Å². The zero-order valence-electron chi connectivity index (χ0n) is 19.1. The maximum absolute atomic E-state index is 12.1. The molecule has 4 aromatic carbocycles. The average molecular weight is 467 g/mol. The lowest BCUT2D eigenvalue weighted by atomic mass is 9.99. The third-order valence-corrected chi connectivity index (χ3v) is 6.03. The molecule has 0 bridgehead atoms. The van der Waals surface area contributed by atoms with E-state index in [1.165, 1.54) is 6.08 Å².